The molecule has 0 saturated carbocycles. The first-order valence-corrected chi connectivity index (χ1v) is 8.19. The van der Waals surface area contributed by atoms with Crippen LogP contribution < -0.4 is 15.0 Å². The van der Waals surface area contributed by atoms with E-state index in [0.717, 1.165) is 49.1 Å². The van der Waals surface area contributed by atoms with E-state index >= 15 is 0 Å². The number of nitrogens with one attached hydrogen (secondary N) is 1. The van der Waals surface area contributed by atoms with E-state index in [0.29, 0.717) is 18.3 Å². The summed E-state index contributed by atoms with van der Waals surface area (Å²) in [5.74, 6) is 1.15. The number of carboxylic acid groups (broad SMARTS) is 1. The molecule has 1 saturated heterocycles. The summed E-state index contributed by atoms with van der Waals surface area (Å²) >= 11 is 0. The molecule has 1 aliphatic heterocycles. The summed E-state index contributed by atoms with van der Waals surface area (Å²) < 4.78 is 5.23. The third kappa shape index (κ3) is 3.67. The van der Waals surface area contributed by atoms with Gasteiger partial charge in [-0.15, -0.1) is 0 Å². The molecule has 0 atom stereocenters. The standard InChI is InChI=1S/C17H22N4O3/c1-24-15-3-2-13-16(20-15)14(5-9-18-13)21-10-6-12(7-11-21)4-8-19-17(22)23/h2-3,5,9,12,19H,4,6-8,10-11H2,1H3,(H,22,23). The molecule has 0 radical (unpaired) electrons. The van der Waals surface area contributed by atoms with Crippen molar-refractivity contribution in [3.05, 3.63) is 24.4 Å². The van der Waals surface area contributed by atoms with E-state index in [9.17, 15) is 4.79 Å². The van der Waals surface area contributed by atoms with Crippen molar-refractivity contribution < 1.29 is 14.6 Å². The predicted molar refractivity (Wildman–Crippen MR) is 91.7 cm³/mol. The number of anilines is 1. The van der Waals surface area contributed by atoms with Gasteiger partial charge in [-0.2, -0.15) is 0 Å². The smallest absolute Gasteiger partial charge is 0.404 e. The second-order valence-corrected chi connectivity index (χ2v) is 6.00. The van der Waals surface area contributed by atoms with Crippen molar-refractivity contribution in [2.24, 2.45) is 5.92 Å². The number of amides is 1. The van der Waals surface area contributed by atoms with Gasteiger partial charge in [0.25, 0.3) is 0 Å². The summed E-state index contributed by atoms with van der Waals surface area (Å²) in [6.45, 7) is 2.41. The molecule has 1 fully saturated rings. The highest BCUT2D eigenvalue weighted by Crippen LogP contribution is 2.30. The quantitative estimate of drug-likeness (QED) is 0.876. The zero-order valence-electron chi connectivity index (χ0n) is 13.7. The van der Waals surface area contributed by atoms with Crippen LogP contribution in [0.3, 0.4) is 0 Å². The van der Waals surface area contributed by atoms with Crippen LogP contribution in [0.1, 0.15) is 19.3 Å². The Morgan fingerprint density at radius 3 is 2.88 bits per heavy atom. The van der Waals surface area contributed by atoms with E-state index in [1.54, 1.807) is 7.11 Å². The van der Waals surface area contributed by atoms with Crippen LogP contribution in [0.15, 0.2) is 24.4 Å². The average Bonchev–Trinajstić information content (AvgIpc) is 2.61. The Balaban J connectivity index is 1.68. The van der Waals surface area contributed by atoms with E-state index in [4.69, 9.17) is 9.84 Å². The van der Waals surface area contributed by atoms with Crippen LogP contribution in [-0.4, -0.2) is 47.9 Å². The number of nitrogens with zero attached hydrogens (tertiary/aromatic N) is 3. The van der Waals surface area contributed by atoms with Crippen LogP contribution in [-0.2, 0) is 0 Å². The van der Waals surface area contributed by atoms with Gasteiger partial charge >= 0.3 is 6.09 Å². The molecular formula is C17H22N4O3. The van der Waals surface area contributed by atoms with Crippen LogP contribution in [0.5, 0.6) is 5.88 Å². The molecular weight excluding hydrogens is 308 g/mol. The first kappa shape index (κ1) is 16.3. The molecule has 3 heterocycles. The van der Waals surface area contributed by atoms with Crippen molar-refractivity contribution in [3.63, 3.8) is 0 Å². The van der Waals surface area contributed by atoms with E-state index < -0.39 is 6.09 Å². The molecule has 0 unspecified atom stereocenters. The molecule has 1 aliphatic rings. The van der Waals surface area contributed by atoms with E-state index in [1.807, 2.05) is 24.4 Å². The number of aromatic nitrogens is 2. The third-order valence-corrected chi connectivity index (χ3v) is 4.53. The third-order valence-electron chi connectivity index (χ3n) is 4.53. The molecule has 0 aromatic carbocycles. The van der Waals surface area contributed by atoms with Crippen molar-refractivity contribution in [1.29, 1.82) is 0 Å². The van der Waals surface area contributed by atoms with Gasteiger partial charge in [-0.1, -0.05) is 0 Å². The van der Waals surface area contributed by atoms with Crippen LogP contribution in [0.2, 0.25) is 0 Å². The number of hydrogen-bond acceptors (Lipinski definition) is 5. The Morgan fingerprint density at radius 1 is 1.38 bits per heavy atom. The number of pyridine rings is 2. The van der Waals surface area contributed by atoms with Gasteiger partial charge in [-0.3, -0.25) is 4.98 Å². The van der Waals surface area contributed by atoms with Crippen molar-refractivity contribution in [2.45, 2.75) is 19.3 Å². The Hall–Kier alpha value is -2.57. The topological polar surface area (TPSA) is 87.6 Å². The summed E-state index contributed by atoms with van der Waals surface area (Å²) in [6, 6.07) is 5.75. The normalized spacial score (nSPS) is 15.5. The van der Waals surface area contributed by atoms with Crippen molar-refractivity contribution in [1.82, 2.24) is 15.3 Å². The van der Waals surface area contributed by atoms with Gasteiger partial charge in [-0.05, 0) is 37.3 Å². The summed E-state index contributed by atoms with van der Waals surface area (Å²) in [5, 5.41) is 11.1. The molecule has 7 heteroatoms. The lowest BCUT2D eigenvalue weighted by Gasteiger charge is -2.34. The summed E-state index contributed by atoms with van der Waals surface area (Å²) in [6.07, 6.45) is 3.86. The average molecular weight is 330 g/mol. The lowest BCUT2D eigenvalue weighted by molar-refractivity contribution is 0.193. The highest BCUT2D eigenvalue weighted by Gasteiger charge is 2.21. The van der Waals surface area contributed by atoms with E-state index in [2.05, 4.69) is 20.2 Å². The fourth-order valence-corrected chi connectivity index (χ4v) is 3.21. The fourth-order valence-electron chi connectivity index (χ4n) is 3.21. The van der Waals surface area contributed by atoms with Gasteiger partial charge < -0.3 is 20.1 Å². The molecule has 0 aliphatic carbocycles. The van der Waals surface area contributed by atoms with Crippen LogP contribution in [0.4, 0.5) is 10.5 Å². The van der Waals surface area contributed by atoms with Gasteiger partial charge in [0.1, 0.15) is 5.52 Å². The van der Waals surface area contributed by atoms with E-state index in [-0.39, 0.29) is 0 Å². The minimum atomic E-state index is -0.948. The number of carbonyl (C=O) groups is 1. The second-order valence-electron chi connectivity index (χ2n) is 6.00. The van der Waals surface area contributed by atoms with Gasteiger partial charge in [-0.25, -0.2) is 9.78 Å². The summed E-state index contributed by atoms with van der Waals surface area (Å²) in [4.78, 5) is 21.8. The van der Waals surface area contributed by atoms with Gasteiger partial charge in [0.2, 0.25) is 5.88 Å². The Labute approximate surface area is 140 Å². The second kappa shape index (κ2) is 7.33. The molecule has 2 N–H and O–H groups in total. The van der Waals surface area contributed by atoms with Crippen molar-refractivity contribution >= 4 is 22.8 Å². The summed E-state index contributed by atoms with van der Waals surface area (Å²) in [7, 11) is 1.61. The van der Waals surface area contributed by atoms with Gasteiger partial charge in [0.15, 0.2) is 0 Å². The Bertz CT molecular complexity index is 714. The molecule has 2 aromatic rings. The Kier molecular flexibility index (Phi) is 4.98. The maximum absolute atomic E-state index is 10.5. The Morgan fingerprint density at radius 2 is 2.17 bits per heavy atom. The summed E-state index contributed by atoms with van der Waals surface area (Å²) in [5.41, 5.74) is 2.81. The molecule has 24 heavy (non-hydrogen) atoms. The minimum Gasteiger partial charge on any atom is -0.481 e. The lowest BCUT2D eigenvalue weighted by Crippen LogP contribution is -2.35. The van der Waals surface area contributed by atoms with Crippen LogP contribution in [0.25, 0.3) is 11.0 Å². The fraction of sp³-hybridized carbons (Fsp3) is 0.471. The predicted octanol–water partition coefficient (Wildman–Crippen LogP) is 2.51. The highest BCUT2D eigenvalue weighted by molar-refractivity contribution is 5.88. The first-order chi connectivity index (χ1) is 11.7. The molecule has 2 aromatic heterocycles. The number of hydrogen-bond donors (Lipinski definition) is 2. The monoisotopic (exact) mass is 330 g/mol. The number of ether oxygens (including phenoxy) is 1. The number of piperidine rings is 1. The number of fused-ring (bicyclic) bond motifs is 1. The SMILES string of the molecule is COc1ccc2nccc(N3CCC(CCNC(=O)O)CC3)c2n1. The van der Waals surface area contributed by atoms with Gasteiger partial charge in [0, 0.05) is 31.9 Å². The zero-order valence-corrected chi connectivity index (χ0v) is 13.7. The van der Waals surface area contributed by atoms with Crippen molar-refractivity contribution in [3.8, 4) is 5.88 Å². The maximum Gasteiger partial charge on any atom is 0.404 e. The molecule has 7 nitrogen and oxygen atoms in total. The van der Waals surface area contributed by atoms with Gasteiger partial charge in [0.05, 0.1) is 18.3 Å². The number of rotatable bonds is 5. The minimum absolute atomic E-state index is 0.525. The largest absolute Gasteiger partial charge is 0.481 e. The molecule has 128 valence electrons. The maximum atomic E-state index is 10.5. The van der Waals surface area contributed by atoms with Crippen LogP contribution >= 0.6 is 0 Å². The molecule has 1 amide bonds. The van der Waals surface area contributed by atoms with Crippen LogP contribution in [0, 0.1) is 5.92 Å². The highest BCUT2D eigenvalue weighted by atomic mass is 16.5. The number of methoxy groups -OCH3 is 1. The van der Waals surface area contributed by atoms with Crippen molar-refractivity contribution in [2.75, 3.05) is 31.6 Å². The van der Waals surface area contributed by atoms with E-state index in [1.165, 1.54) is 0 Å². The molecule has 3 rings (SSSR count). The molecule has 0 spiro atoms. The molecule has 0 bridgehead atoms. The zero-order chi connectivity index (χ0) is 16.9. The first-order valence-electron chi connectivity index (χ1n) is 8.19. The lowest BCUT2D eigenvalue weighted by atomic mass is 9.93.